The fraction of sp³-hybridized carbons (Fsp3) is 0.176. The molecular formula is C17H15ClFN3O2. The Morgan fingerprint density at radius 2 is 2.12 bits per heavy atom. The Hall–Kier alpha value is -2.60. The van der Waals surface area contributed by atoms with Crippen LogP contribution in [0.2, 0.25) is 5.02 Å². The first-order valence-corrected chi connectivity index (χ1v) is 7.80. The van der Waals surface area contributed by atoms with Gasteiger partial charge in [0.15, 0.2) is 0 Å². The quantitative estimate of drug-likeness (QED) is 0.893. The van der Waals surface area contributed by atoms with E-state index in [1.54, 1.807) is 18.2 Å². The van der Waals surface area contributed by atoms with E-state index in [2.05, 4.69) is 10.6 Å². The number of hydrogen-bond acceptors (Lipinski definition) is 2. The number of halogens is 2. The van der Waals surface area contributed by atoms with Gasteiger partial charge in [0.1, 0.15) is 5.82 Å². The van der Waals surface area contributed by atoms with E-state index in [0.29, 0.717) is 23.8 Å². The molecule has 0 spiro atoms. The number of urea groups is 1. The number of hydrogen-bond donors (Lipinski definition) is 2. The van der Waals surface area contributed by atoms with E-state index in [1.807, 2.05) is 6.07 Å². The van der Waals surface area contributed by atoms with Gasteiger partial charge < -0.3 is 10.6 Å². The molecule has 1 saturated heterocycles. The first kappa shape index (κ1) is 16.3. The van der Waals surface area contributed by atoms with E-state index in [9.17, 15) is 14.0 Å². The highest BCUT2D eigenvalue weighted by atomic mass is 35.5. The van der Waals surface area contributed by atoms with Gasteiger partial charge in [0.05, 0.1) is 5.56 Å². The molecule has 0 aromatic heterocycles. The molecule has 0 radical (unpaired) electrons. The molecule has 3 amide bonds. The van der Waals surface area contributed by atoms with Crippen LogP contribution in [0.15, 0.2) is 42.5 Å². The highest BCUT2D eigenvalue weighted by Crippen LogP contribution is 2.21. The van der Waals surface area contributed by atoms with Crippen molar-refractivity contribution in [1.29, 1.82) is 0 Å². The Balaban J connectivity index is 1.75. The van der Waals surface area contributed by atoms with E-state index in [1.165, 1.54) is 23.1 Å². The number of carbonyl (C=O) groups is 2. The molecule has 1 aliphatic heterocycles. The highest BCUT2D eigenvalue weighted by molar-refractivity contribution is 6.30. The fourth-order valence-corrected chi connectivity index (χ4v) is 2.71. The van der Waals surface area contributed by atoms with Crippen molar-refractivity contribution in [2.45, 2.75) is 6.54 Å². The monoisotopic (exact) mass is 347 g/mol. The largest absolute Gasteiger partial charge is 0.348 e. The fourth-order valence-electron chi connectivity index (χ4n) is 2.50. The molecule has 0 atom stereocenters. The van der Waals surface area contributed by atoms with Crippen molar-refractivity contribution in [3.8, 4) is 0 Å². The van der Waals surface area contributed by atoms with Crippen molar-refractivity contribution >= 4 is 29.2 Å². The van der Waals surface area contributed by atoms with Crippen LogP contribution < -0.4 is 15.5 Å². The van der Waals surface area contributed by atoms with Gasteiger partial charge in [-0.05, 0) is 35.9 Å². The lowest BCUT2D eigenvalue weighted by atomic mass is 10.1. The van der Waals surface area contributed by atoms with Crippen molar-refractivity contribution < 1.29 is 14.0 Å². The van der Waals surface area contributed by atoms with Gasteiger partial charge in [-0.2, -0.15) is 0 Å². The molecule has 0 bridgehead atoms. The average Bonchev–Trinajstić information content (AvgIpc) is 2.99. The third-order valence-corrected chi connectivity index (χ3v) is 3.94. The summed E-state index contributed by atoms with van der Waals surface area (Å²) >= 11 is 5.89. The Labute approximate surface area is 143 Å². The first-order valence-electron chi connectivity index (χ1n) is 7.42. The molecule has 1 aliphatic rings. The number of amides is 3. The van der Waals surface area contributed by atoms with Crippen molar-refractivity contribution in [3.05, 3.63) is 64.4 Å². The lowest BCUT2D eigenvalue weighted by molar-refractivity contribution is 0.0947. The normalized spacial score (nSPS) is 13.8. The third kappa shape index (κ3) is 3.49. The van der Waals surface area contributed by atoms with Crippen LogP contribution in [0.5, 0.6) is 0 Å². The van der Waals surface area contributed by atoms with Crippen molar-refractivity contribution in [1.82, 2.24) is 10.6 Å². The molecule has 3 rings (SSSR count). The smallest absolute Gasteiger partial charge is 0.321 e. The third-order valence-electron chi connectivity index (χ3n) is 3.71. The Kier molecular flexibility index (Phi) is 4.66. The lowest BCUT2D eigenvalue weighted by Crippen LogP contribution is -2.29. The summed E-state index contributed by atoms with van der Waals surface area (Å²) < 4.78 is 14.0. The van der Waals surface area contributed by atoms with Gasteiger partial charge in [-0.25, -0.2) is 9.18 Å². The van der Waals surface area contributed by atoms with E-state index in [0.717, 1.165) is 5.56 Å². The van der Waals surface area contributed by atoms with Crippen LogP contribution >= 0.6 is 11.6 Å². The van der Waals surface area contributed by atoms with Crippen LogP contribution in [0.1, 0.15) is 15.9 Å². The molecular weight excluding hydrogens is 333 g/mol. The van der Waals surface area contributed by atoms with Crippen molar-refractivity contribution in [2.24, 2.45) is 0 Å². The second-order valence-corrected chi connectivity index (χ2v) is 5.80. The van der Waals surface area contributed by atoms with Gasteiger partial charge in [-0.1, -0.05) is 23.7 Å². The summed E-state index contributed by atoms with van der Waals surface area (Å²) in [7, 11) is 0. The molecule has 0 saturated carbocycles. The molecule has 0 unspecified atom stereocenters. The summed E-state index contributed by atoms with van der Waals surface area (Å²) in [6.45, 7) is 1.23. The van der Waals surface area contributed by atoms with Gasteiger partial charge in [-0.3, -0.25) is 9.69 Å². The number of nitrogens with one attached hydrogen (secondary N) is 2. The topological polar surface area (TPSA) is 61.4 Å². The highest BCUT2D eigenvalue weighted by Gasteiger charge is 2.23. The van der Waals surface area contributed by atoms with Gasteiger partial charge >= 0.3 is 6.03 Å². The van der Waals surface area contributed by atoms with Crippen molar-refractivity contribution in [3.63, 3.8) is 0 Å². The van der Waals surface area contributed by atoms with E-state index in [-0.39, 0.29) is 18.1 Å². The van der Waals surface area contributed by atoms with E-state index < -0.39 is 11.7 Å². The zero-order valence-corrected chi connectivity index (χ0v) is 13.4. The maximum absolute atomic E-state index is 14.0. The van der Waals surface area contributed by atoms with Crippen LogP contribution in [0, 0.1) is 5.82 Å². The molecule has 2 aromatic carbocycles. The van der Waals surface area contributed by atoms with E-state index >= 15 is 0 Å². The van der Waals surface area contributed by atoms with Crippen LogP contribution in [0.25, 0.3) is 0 Å². The SMILES string of the molecule is O=C(NCc1cccc(Cl)c1)c1cc(N2CCNC2=O)ccc1F. The average molecular weight is 348 g/mol. The predicted molar refractivity (Wildman–Crippen MR) is 89.8 cm³/mol. The van der Waals surface area contributed by atoms with Gasteiger partial charge in [0.2, 0.25) is 0 Å². The molecule has 24 heavy (non-hydrogen) atoms. The van der Waals surface area contributed by atoms with Crippen LogP contribution in [0.4, 0.5) is 14.9 Å². The summed E-state index contributed by atoms with van der Waals surface area (Å²) in [5, 5.41) is 5.88. The molecule has 2 N–H and O–H groups in total. The van der Waals surface area contributed by atoms with Gasteiger partial charge in [0.25, 0.3) is 5.91 Å². The second-order valence-electron chi connectivity index (χ2n) is 5.36. The Morgan fingerprint density at radius 1 is 1.29 bits per heavy atom. The van der Waals surface area contributed by atoms with Gasteiger partial charge in [-0.15, -0.1) is 0 Å². The zero-order valence-electron chi connectivity index (χ0n) is 12.7. The maximum atomic E-state index is 14.0. The maximum Gasteiger partial charge on any atom is 0.321 e. The summed E-state index contributed by atoms with van der Waals surface area (Å²) in [5.41, 5.74) is 1.19. The molecule has 124 valence electrons. The number of rotatable bonds is 4. The van der Waals surface area contributed by atoms with E-state index in [4.69, 9.17) is 11.6 Å². The minimum absolute atomic E-state index is 0.103. The summed E-state index contributed by atoms with van der Waals surface area (Å²) in [4.78, 5) is 25.4. The van der Waals surface area contributed by atoms with Crippen LogP contribution in [-0.4, -0.2) is 25.0 Å². The number of anilines is 1. The van der Waals surface area contributed by atoms with Crippen molar-refractivity contribution in [2.75, 3.05) is 18.0 Å². The summed E-state index contributed by atoms with van der Waals surface area (Å²) in [5.74, 6) is -1.18. The second kappa shape index (κ2) is 6.88. The van der Waals surface area contributed by atoms with Crippen LogP contribution in [-0.2, 0) is 6.54 Å². The summed E-state index contributed by atoms with van der Waals surface area (Å²) in [6.07, 6.45) is 0. The predicted octanol–water partition coefficient (Wildman–Crippen LogP) is 2.94. The standard InChI is InChI=1S/C17H15ClFN3O2/c18-12-3-1-2-11(8-12)10-21-16(23)14-9-13(4-5-15(14)19)22-7-6-20-17(22)24/h1-5,8-9H,6-7,10H2,(H,20,24)(H,21,23). The molecule has 7 heteroatoms. The minimum atomic E-state index is -0.637. The minimum Gasteiger partial charge on any atom is -0.348 e. The van der Waals surface area contributed by atoms with Gasteiger partial charge in [0, 0.05) is 30.3 Å². The molecule has 1 fully saturated rings. The Bertz CT molecular complexity index is 797. The van der Waals surface area contributed by atoms with Crippen LogP contribution in [0.3, 0.4) is 0 Å². The number of carbonyl (C=O) groups excluding carboxylic acids is 2. The molecule has 0 aliphatic carbocycles. The first-order chi connectivity index (χ1) is 11.5. The zero-order chi connectivity index (χ0) is 17.1. The number of benzene rings is 2. The Morgan fingerprint density at radius 3 is 2.83 bits per heavy atom. The summed E-state index contributed by atoms with van der Waals surface area (Å²) in [6, 6.07) is 10.8. The number of nitrogens with zero attached hydrogens (tertiary/aromatic N) is 1. The molecule has 5 nitrogen and oxygen atoms in total. The molecule has 2 aromatic rings. The lowest BCUT2D eigenvalue weighted by Gasteiger charge is -2.15. The molecule has 1 heterocycles.